The van der Waals surface area contributed by atoms with Crippen molar-refractivity contribution in [3.05, 3.63) is 35.4 Å². The minimum absolute atomic E-state index is 0.348. The highest BCUT2D eigenvalue weighted by Gasteiger charge is 2.71. The van der Waals surface area contributed by atoms with Crippen LogP contribution in [0.5, 0.6) is 11.5 Å². The topological polar surface area (TPSA) is 52.9 Å². The van der Waals surface area contributed by atoms with Gasteiger partial charge in [0.05, 0.1) is 16.5 Å². The summed E-state index contributed by atoms with van der Waals surface area (Å²) < 4.78 is 131. The van der Waals surface area contributed by atoms with Crippen LogP contribution in [-0.2, 0) is 11.8 Å². The summed E-state index contributed by atoms with van der Waals surface area (Å²) in [5.41, 5.74) is -10.2. The molecule has 3 aliphatic carbocycles. The van der Waals surface area contributed by atoms with Gasteiger partial charge in [0.15, 0.2) is 11.5 Å². The van der Waals surface area contributed by atoms with Gasteiger partial charge in [-0.1, -0.05) is 12.6 Å². The van der Waals surface area contributed by atoms with E-state index in [9.17, 15) is 15.7 Å². The molecule has 2 aliphatic heterocycles. The maximum atomic E-state index is 12.8. The molecule has 0 unspecified atom stereocenters. The Morgan fingerprint density at radius 3 is 3.12 bits per heavy atom. The van der Waals surface area contributed by atoms with Crippen LogP contribution in [-0.4, -0.2) is 45.9 Å². The first-order valence-corrected chi connectivity index (χ1v) is 8.25. The van der Waals surface area contributed by atoms with Gasteiger partial charge in [0.25, 0.3) is 0 Å². The number of benzene rings is 1. The van der Waals surface area contributed by atoms with E-state index in [4.69, 9.17) is 18.4 Å². The van der Waals surface area contributed by atoms with Gasteiger partial charge in [0, 0.05) is 31.8 Å². The lowest BCUT2D eigenvalue weighted by Gasteiger charge is -2.63. The number of likely N-dealkylation sites (tertiary alicyclic amines) is 1. The molecule has 4 heteroatoms. The van der Waals surface area contributed by atoms with Crippen LogP contribution in [0.2, 0.25) is 0 Å². The van der Waals surface area contributed by atoms with Gasteiger partial charge >= 0.3 is 0 Å². The number of hydrogen-bond acceptors (Lipinski definition) is 4. The molecule has 3 fully saturated rings. The predicted molar refractivity (Wildman–Crippen MR) is 93.9 cm³/mol. The quantitative estimate of drug-likeness (QED) is 0.802. The standard InChI is InChI=1S/C21H25NO3/c1-12-6-7-21(24)16-10-14-4-5-15(23)18-17(14)20(21,19(12)25-18)8-9-22(16)11-13-2-3-13/h4-5,13,16,19,23-24H,1-3,6-11H2/t16-,19+,20+,21-/m1/s1/i1D2,6D2,7D2,8D2,9D2,10D2,16D,19D. The number of hydrogen-bond donors (Lipinski definition) is 2. The first-order valence-electron chi connectivity index (χ1n) is 15.3. The van der Waals surface area contributed by atoms with E-state index in [1.54, 1.807) is 0 Å². The first-order chi connectivity index (χ1) is 17.5. The predicted octanol–water partition coefficient (Wildman–Crippen LogP) is 2.51. The van der Waals surface area contributed by atoms with Crippen LogP contribution < -0.4 is 4.74 Å². The van der Waals surface area contributed by atoms with E-state index >= 15 is 0 Å². The van der Waals surface area contributed by atoms with Crippen molar-refractivity contribution >= 4 is 0 Å². The molecule has 0 amide bonds. The minimum Gasteiger partial charge on any atom is -0.504 e. The Labute approximate surface area is 167 Å². The normalized spacial score (nSPS) is 65.4. The van der Waals surface area contributed by atoms with Gasteiger partial charge < -0.3 is 14.9 Å². The van der Waals surface area contributed by atoms with Crippen molar-refractivity contribution in [3.63, 3.8) is 0 Å². The van der Waals surface area contributed by atoms with Crippen molar-refractivity contribution < 1.29 is 34.1 Å². The number of nitrogens with zero attached hydrogens (tertiary/aromatic N) is 1. The number of piperidine rings is 1. The lowest BCUT2D eigenvalue weighted by atomic mass is 9.48. The van der Waals surface area contributed by atoms with E-state index in [0.717, 1.165) is 12.1 Å². The molecule has 2 saturated carbocycles. The van der Waals surface area contributed by atoms with Gasteiger partial charge in [0.2, 0.25) is 0 Å². The van der Waals surface area contributed by atoms with E-state index in [2.05, 4.69) is 0 Å². The highest BCUT2D eigenvalue weighted by molar-refractivity contribution is 5.63. The molecule has 132 valence electrons. The van der Waals surface area contributed by atoms with Crippen LogP contribution in [0.3, 0.4) is 0 Å². The van der Waals surface area contributed by atoms with Crippen LogP contribution in [0.4, 0.5) is 0 Å². The molecule has 0 radical (unpaired) electrons. The third-order valence-corrected chi connectivity index (χ3v) is 5.58. The van der Waals surface area contributed by atoms with Crippen molar-refractivity contribution in [2.45, 2.75) is 61.4 Å². The molecule has 6 rings (SSSR count). The molecule has 4 atom stereocenters. The maximum absolute atomic E-state index is 12.8. The number of rotatable bonds is 2. The zero-order valence-electron chi connectivity index (χ0n) is 27.1. The molecule has 0 aromatic heterocycles. The van der Waals surface area contributed by atoms with Crippen molar-refractivity contribution in [2.75, 3.05) is 13.0 Å². The second-order valence-electron chi connectivity index (χ2n) is 7.12. The zero-order valence-corrected chi connectivity index (χ0v) is 13.1. The fraction of sp³-hybridized carbons (Fsp3) is 0.619. The van der Waals surface area contributed by atoms with E-state index in [-0.39, 0.29) is 5.92 Å². The Balaban J connectivity index is 1.95. The largest absolute Gasteiger partial charge is 0.504 e. The lowest BCUT2D eigenvalue weighted by Crippen LogP contribution is -2.75. The Bertz CT molecular complexity index is 1370. The minimum atomic E-state index is -3.93. The van der Waals surface area contributed by atoms with E-state index in [1.807, 2.05) is 0 Å². The molecular weight excluding hydrogens is 314 g/mol. The Morgan fingerprint density at radius 1 is 1.44 bits per heavy atom. The summed E-state index contributed by atoms with van der Waals surface area (Å²) in [6, 6.07) is -1.63. The van der Waals surface area contributed by atoms with Crippen LogP contribution in [0.25, 0.3) is 0 Å². The molecule has 1 spiro atoms. The number of aliphatic hydroxyl groups is 1. The average molecular weight is 354 g/mol. The monoisotopic (exact) mass is 353 g/mol. The number of phenolic OH excluding ortho intramolecular Hbond substituents is 1. The molecule has 2 bridgehead atoms. The van der Waals surface area contributed by atoms with E-state index in [0.29, 0.717) is 17.7 Å². The van der Waals surface area contributed by atoms with Crippen molar-refractivity contribution in [3.8, 4) is 11.5 Å². The van der Waals surface area contributed by atoms with Gasteiger partial charge in [-0.2, -0.15) is 0 Å². The summed E-state index contributed by atoms with van der Waals surface area (Å²) in [5.74, 6) is -2.01. The summed E-state index contributed by atoms with van der Waals surface area (Å²) >= 11 is 0. The fourth-order valence-corrected chi connectivity index (χ4v) is 4.16. The van der Waals surface area contributed by atoms with Crippen molar-refractivity contribution in [1.82, 2.24) is 4.90 Å². The summed E-state index contributed by atoms with van der Waals surface area (Å²) in [6.07, 6.45) is -17.0. The van der Waals surface area contributed by atoms with Gasteiger partial charge in [-0.05, 0) is 68.0 Å². The fourth-order valence-electron chi connectivity index (χ4n) is 4.16. The molecule has 1 saturated heterocycles. The highest BCUT2D eigenvalue weighted by Crippen LogP contribution is 2.66. The Hall–Kier alpha value is -1.52. The summed E-state index contributed by atoms with van der Waals surface area (Å²) in [4.78, 5) is 0.419. The maximum Gasteiger partial charge on any atom is 0.166 e. The second-order valence-corrected chi connectivity index (χ2v) is 7.12. The second kappa shape index (κ2) is 4.41. The molecule has 25 heavy (non-hydrogen) atoms. The van der Waals surface area contributed by atoms with Crippen LogP contribution in [0.15, 0.2) is 24.2 Å². The third-order valence-electron chi connectivity index (χ3n) is 5.58. The number of phenols is 1. The summed E-state index contributed by atoms with van der Waals surface area (Å²) in [7, 11) is 0. The van der Waals surface area contributed by atoms with Gasteiger partial charge in [-0.25, -0.2) is 0 Å². The molecule has 2 heterocycles. The van der Waals surface area contributed by atoms with E-state index in [1.165, 1.54) is 0 Å². The zero-order chi connectivity index (χ0) is 29.4. The first kappa shape index (κ1) is 6.58. The average Bonchev–Trinajstić information content (AvgIpc) is 3.55. The van der Waals surface area contributed by atoms with Crippen LogP contribution >= 0.6 is 0 Å². The van der Waals surface area contributed by atoms with Gasteiger partial charge in [-0.15, -0.1) is 0 Å². The Kier molecular flexibility index (Phi) is 1.16. The smallest absolute Gasteiger partial charge is 0.166 e. The third kappa shape index (κ3) is 1.57. The molecular formula is C21H25NO3. The van der Waals surface area contributed by atoms with Gasteiger partial charge in [0.1, 0.15) is 6.08 Å². The summed E-state index contributed by atoms with van der Waals surface area (Å²) in [5, 5.41) is 23.5. The van der Waals surface area contributed by atoms with E-state index < -0.39 is 96.4 Å². The Morgan fingerprint density at radius 2 is 2.32 bits per heavy atom. The van der Waals surface area contributed by atoms with Crippen molar-refractivity contribution in [2.24, 2.45) is 5.92 Å². The lowest BCUT2D eigenvalue weighted by molar-refractivity contribution is -0.174. The highest BCUT2D eigenvalue weighted by atomic mass is 16.5. The van der Waals surface area contributed by atoms with Crippen molar-refractivity contribution in [1.29, 1.82) is 0 Å². The molecule has 1 aromatic rings. The molecule has 2 N–H and O–H groups in total. The van der Waals surface area contributed by atoms with Crippen LogP contribution in [0.1, 0.15) is 62.3 Å². The SMILES string of the molecule is [2H]C([2H])=C1C([2H])([2H])C([2H])([2H])[C@]2(O)[C@@]34c5c(ccc(O)c5O[C@@]13[2H])C([2H])([2H])[C@@]2([2H])N(CC1CC1)C([2H])([2H])C4([2H])[2H]. The molecule has 1 aromatic carbocycles. The van der Waals surface area contributed by atoms with Crippen LogP contribution in [0, 0.1) is 5.92 Å². The molecule has 4 nitrogen and oxygen atoms in total. The number of ether oxygens (including phenoxy) is 1. The summed E-state index contributed by atoms with van der Waals surface area (Å²) in [6.45, 7) is -5.40. The number of aromatic hydroxyl groups is 1. The van der Waals surface area contributed by atoms with Gasteiger partial charge in [-0.3, -0.25) is 4.90 Å². The molecule has 5 aliphatic rings.